The number of carboxylic acid groups (broad SMARTS) is 1. The predicted molar refractivity (Wildman–Crippen MR) is 82.6 cm³/mol. The third kappa shape index (κ3) is 4.58. The fourth-order valence-corrected chi connectivity index (χ4v) is 2.59. The lowest BCUT2D eigenvalue weighted by Crippen LogP contribution is -2.32. The first-order valence-electron chi connectivity index (χ1n) is 7.62. The van der Waals surface area contributed by atoms with Gasteiger partial charge in [-0.15, -0.1) is 0 Å². The van der Waals surface area contributed by atoms with Gasteiger partial charge in [-0.25, -0.2) is 14.8 Å². The Labute approximate surface area is 125 Å². The summed E-state index contributed by atoms with van der Waals surface area (Å²) in [5.41, 5.74) is 0. The molecule has 2 N–H and O–H groups in total. The van der Waals surface area contributed by atoms with Crippen molar-refractivity contribution >= 4 is 17.6 Å². The number of piperidine rings is 1. The van der Waals surface area contributed by atoms with Crippen LogP contribution in [0.5, 0.6) is 0 Å². The minimum Gasteiger partial charge on any atom is -0.480 e. The Hall–Kier alpha value is -1.85. The molecule has 0 saturated carbocycles. The van der Waals surface area contributed by atoms with Crippen LogP contribution >= 0.6 is 0 Å². The van der Waals surface area contributed by atoms with Crippen LogP contribution in [0, 0.1) is 5.92 Å². The van der Waals surface area contributed by atoms with Crippen molar-refractivity contribution in [2.75, 3.05) is 23.3 Å². The van der Waals surface area contributed by atoms with Gasteiger partial charge >= 0.3 is 5.97 Å². The number of hydrogen-bond acceptors (Lipinski definition) is 5. The fourth-order valence-electron chi connectivity index (χ4n) is 2.59. The van der Waals surface area contributed by atoms with Gasteiger partial charge in [-0.3, -0.25) is 0 Å². The largest absolute Gasteiger partial charge is 0.480 e. The van der Waals surface area contributed by atoms with Gasteiger partial charge in [-0.1, -0.05) is 13.8 Å². The van der Waals surface area contributed by atoms with Crippen molar-refractivity contribution in [3.63, 3.8) is 0 Å². The van der Waals surface area contributed by atoms with E-state index in [4.69, 9.17) is 0 Å². The molecule has 116 valence electrons. The molecule has 21 heavy (non-hydrogen) atoms. The molecule has 0 aromatic carbocycles. The maximum absolute atomic E-state index is 11.3. The molecule has 1 aliphatic rings. The number of carboxylic acids is 1. The summed E-state index contributed by atoms with van der Waals surface area (Å²) in [5, 5.41) is 12.3. The molecule has 0 bridgehead atoms. The van der Waals surface area contributed by atoms with Crippen LogP contribution in [0.3, 0.4) is 0 Å². The summed E-state index contributed by atoms with van der Waals surface area (Å²) in [5.74, 6) is 0.920. The van der Waals surface area contributed by atoms with Gasteiger partial charge in [-0.05, 0) is 31.6 Å². The van der Waals surface area contributed by atoms with E-state index in [2.05, 4.69) is 20.2 Å². The zero-order valence-corrected chi connectivity index (χ0v) is 12.7. The van der Waals surface area contributed by atoms with Gasteiger partial charge in [-0.2, -0.15) is 0 Å². The van der Waals surface area contributed by atoms with Crippen LogP contribution in [0.25, 0.3) is 0 Å². The van der Waals surface area contributed by atoms with E-state index in [1.165, 1.54) is 25.6 Å². The van der Waals surface area contributed by atoms with Crippen LogP contribution in [-0.4, -0.2) is 40.2 Å². The Bertz CT molecular complexity index is 472. The number of hydrogen-bond donors (Lipinski definition) is 2. The zero-order chi connectivity index (χ0) is 15.2. The molecular formula is C15H24N4O2. The van der Waals surface area contributed by atoms with Gasteiger partial charge in [0.2, 0.25) is 0 Å². The van der Waals surface area contributed by atoms with Crippen LogP contribution in [0.2, 0.25) is 0 Å². The van der Waals surface area contributed by atoms with E-state index in [9.17, 15) is 9.90 Å². The van der Waals surface area contributed by atoms with Crippen LogP contribution < -0.4 is 10.2 Å². The number of carbonyl (C=O) groups is 1. The summed E-state index contributed by atoms with van der Waals surface area (Å²) in [7, 11) is 0. The molecule has 0 radical (unpaired) electrons. The molecule has 6 nitrogen and oxygen atoms in total. The predicted octanol–water partition coefficient (Wildman–Crippen LogP) is 2.38. The van der Waals surface area contributed by atoms with E-state index < -0.39 is 12.0 Å². The van der Waals surface area contributed by atoms with Gasteiger partial charge in [0.25, 0.3) is 0 Å². The molecule has 2 heterocycles. The highest BCUT2D eigenvalue weighted by atomic mass is 16.4. The Morgan fingerprint density at radius 2 is 2.05 bits per heavy atom. The van der Waals surface area contributed by atoms with Gasteiger partial charge in [0.15, 0.2) is 0 Å². The SMILES string of the molecule is CC(C)CC(Nc1cc(N2CCCCC2)ncn1)C(=O)O. The molecule has 1 unspecified atom stereocenters. The third-order valence-corrected chi connectivity index (χ3v) is 3.66. The summed E-state index contributed by atoms with van der Waals surface area (Å²) < 4.78 is 0. The van der Waals surface area contributed by atoms with Crippen molar-refractivity contribution in [3.8, 4) is 0 Å². The maximum Gasteiger partial charge on any atom is 0.326 e. The fraction of sp³-hybridized carbons (Fsp3) is 0.667. The Kier molecular flexibility index (Phi) is 5.36. The van der Waals surface area contributed by atoms with E-state index in [1.807, 2.05) is 19.9 Å². The summed E-state index contributed by atoms with van der Waals surface area (Å²) in [4.78, 5) is 22.0. The smallest absolute Gasteiger partial charge is 0.326 e. The third-order valence-electron chi connectivity index (χ3n) is 3.66. The standard InChI is InChI=1S/C15H24N4O2/c1-11(2)8-12(15(20)21)18-13-9-14(17-10-16-13)19-6-4-3-5-7-19/h9-12H,3-8H2,1-2H3,(H,20,21)(H,16,17,18). The summed E-state index contributed by atoms with van der Waals surface area (Å²) in [6.07, 6.45) is 5.69. The van der Waals surface area contributed by atoms with E-state index in [1.54, 1.807) is 0 Å². The summed E-state index contributed by atoms with van der Waals surface area (Å²) in [6.45, 7) is 6.03. The molecule has 0 aliphatic carbocycles. The van der Waals surface area contributed by atoms with Crippen LogP contribution in [0.1, 0.15) is 39.5 Å². The molecule has 1 aliphatic heterocycles. The monoisotopic (exact) mass is 292 g/mol. The zero-order valence-electron chi connectivity index (χ0n) is 12.7. The number of nitrogens with zero attached hydrogens (tertiary/aromatic N) is 3. The molecule has 6 heteroatoms. The van der Waals surface area contributed by atoms with Gasteiger partial charge in [0.05, 0.1) is 0 Å². The first-order chi connectivity index (χ1) is 10.1. The topological polar surface area (TPSA) is 78.3 Å². The first kappa shape index (κ1) is 15.5. The van der Waals surface area contributed by atoms with E-state index in [-0.39, 0.29) is 0 Å². The number of anilines is 2. The Morgan fingerprint density at radius 1 is 1.33 bits per heavy atom. The summed E-state index contributed by atoms with van der Waals surface area (Å²) in [6, 6.07) is 1.23. The van der Waals surface area contributed by atoms with Crippen molar-refractivity contribution in [2.45, 2.75) is 45.6 Å². The molecule has 1 fully saturated rings. The highest BCUT2D eigenvalue weighted by Crippen LogP contribution is 2.20. The van der Waals surface area contributed by atoms with Crippen molar-refractivity contribution in [3.05, 3.63) is 12.4 Å². The Morgan fingerprint density at radius 3 is 2.67 bits per heavy atom. The van der Waals surface area contributed by atoms with Crippen LogP contribution in [0.4, 0.5) is 11.6 Å². The lowest BCUT2D eigenvalue weighted by molar-refractivity contribution is -0.138. The first-order valence-corrected chi connectivity index (χ1v) is 7.62. The summed E-state index contributed by atoms with van der Waals surface area (Å²) >= 11 is 0. The van der Waals surface area contributed by atoms with Crippen LogP contribution in [0.15, 0.2) is 12.4 Å². The molecule has 1 aromatic heterocycles. The van der Waals surface area contributed by atoms with Crippen molar-refractivity contribution in [1.29, 1.82) is 0 Å². The highest BCUT2D eigenvalue weighted by molar-refractivity contribution is 5.77. The molecule has 2 rings (SSSR count). The maximum atomic E-state index is 11.3. The van der Waals surface area contributed by atoms with Gasteiger partial charge in [0, 0.05) is 19.2 Å². The molecule has 1 aromatic rings. The average molecular weight is 292 g/mol. The average Bonchev–Trinajstić information content (AvgIpc) is 2.47. The molecule has 1 saturated heterocycles. The molecular weight excluding hydrogens is 268 g/mol. The quantitative estimate of drug-likeness (QED) is 0.838. The normalized spacial score (nSPS) is 16.8. The van der Waals surface area contributed by atoms with Gasteiger partial charge < -0.3 is 15.3 Å². The van der Waals surface area contributed by atoms with Crippen molar-refractivity contribution < 1.29 is 9.90 Å². The lowest BCUT2D eigenvalue weighted by atomic mass is 10.0. The van der Waals surface area contributed by atoms with E-state index >= 15 is 0 Å². The second-order valence-electron chi connectivity index (χ2n) is 5.97. The minimum atomic E-state index is -0.846. The van der Waals surface area contributed by atoms with Crippen molar-refractivity contribution in [1.82, 2.24) is 9.97 Å². The number of nitrogens with one attached hydrogen (secondary N) is 1. The lowest BCUT2D eigenvalue weighted by Gasteiger charge is -2.28. The van der Waals surface area contributed by atoms with E-state index in [0.717, 1.165) is 18.9 Å². The highest BCUT2D eigenvalue weighted by Gasteiger charge is 2.20. The van der Waals surface area contributed by atoms with Gasteiger partial charge in [0.1, 0.15) is 24.0 Å². The molecule has 0 amide bonds. The number of aliphatic carboxylic acids is 1. The Balaban J connectivity index is 2.07. The number of rotatable bonds is 6. The van der Waals surface area contributed by atoms with Crippen molar-refractivity contribution in [2.24, 2.45) is 5.92 Å². The molecule has 1 atom stereocenters. The molecule has 0 spiro atoms. The van der Waals surface area contributed by atoms with Crippen LogP contribution in [-0.2, 0) is 4.79 Å². The second kappa shape index (κ2) is 7.24. The number of aromatic nitrogens is 2. The minimum absolute atomic E-state index is 0.307. The van der Waals surface area contributed by atoms with E-state index in [0.29, 0.717) is 18.2 Å². The second-order valence-corrected chi connectivity index (χ2v) is 5.97.